The van der Waals surface area contributed by atoms with E-state index in [4.69, 9.17) is 4.74 Å². The van der Waals surface area contributed by atoms with Crippen molar-refractivity contribution in [3.63, 3.8) is 0 Å². The van der Waals surface area contributed by atoms with Gasteiger partial charge in [-0.1, -0.05) is 0 Å². The van der Waals surface area contributed by atoms with E-state index in [0.717, 1.165) is 36.1 Å². The third kappa shape index (κ3) is 4.44. The second-order valence-corrected chi connectivity index (χ2v) is 10.1. The molecule has 10 heteroatoms. The van der Waals surface area contributed by atoms with Gasteiger partial charge in [-0.25, -0.2) is 9.50 Å². The van der Waals surface area contributed by atoms with E-state index in [2.05, 4.69) is 20.4 Å². The van der Waals surface area contributed by atoms with Gasteiger partial charge in [-0.15, -0.1) is 11.3 Å². The number of ether oxygens (including phenoxy) is 1. The normalized spacial score (nSPS) is 19.1. The molecule has 1 N–H and O–H groups in total. The maximum absolute atomic E-state index is 13.4. The summed E-state index contributed by atoms with van der Waals surface area (Å²) >= 11 is 1.55. The lowest BCUT2D eigenvalue weighted by atomic mass is 10.0. The monoisotopic (exact) mass is 466 g/mol. The van der Waals surface area contributed by atoms with E-state index in [1.807, 2.05) is 16.5 Å². The molecule has 4 heterocycles. The number of nitrogens with zero attached hydrogens (tertiary/aromatic N) is 5. The van der Waals surface area contributed by atoms with Crippen molar-refractivity contribution in [1.29, 1.82) is 0 Å². The standard InChI is InChI=1S/C23H26N6O3S/c30-21(15-3-4-15)25-16-5-7-28(8-6-16)22(31)18-11-19(32-13-14-1-2-14)27-20(26-18)17-12-24-29-9-10-33-23(17)29/h9-12,14-16H,1-8,13H2,(H,25,30). The van der Waals surface area contributed by atoms with E-state index in [1.165, 1.54) is 12.8 Å². The van der Waals surface area contributed by atoms with Crippen LogP contribution in [0.3, 0.4) is 0 Å². The Morgan fingerprint density at radius 3 is 2.70 bits per heavy atom. The van der Waals surface area contributed by atoms with Crippen LogP contribution in [0, 0.1) is 11.8 Å². The van der Waals surface area contributed by atoms with Crippen molar-refractivity contribution in [2.75, 3.05) is 19.7 Å². The number of amides is 2. The zero-order valence-corrected chi connectivity index (χ0v) is 19.1. The van der Waals surface area contributed by atoms with E-state index in [9.17, 15) is 9.59 Å². The third-order valence-corrected chi connectivity index (χ3v) is 7.42. The van der Waals surface area contributed by atoms with Gasteiger partial charge < -0.3 is 15.0 Å². The molecule has 1 saturated heterocycles. The Bertz CT molecular complexity index is 1190. The zero-order valence-electron chi connectivity index (χ0n) is 18.3. The molecule has 0 spiro atoms. The van der Waals surface area contributed by atoms with Gasteiger partial charge in [0.1, 0.15) is 10.5 Å². The largest absolute Gasteiger partial charge is 0.477 e. The van der Waals surface area contributed by atoms with Crippen molar-refractivity contribution < 1.29 is 14.3 Å². The van der Waals surface area contributed by atoms with Crippen LogP contribution >= 0.6 is 11.3 Å². The molecule has 33 heavy (non-hydrogen) atoms. The van der Waals surface area contributed by atoms with Crippen LogP contribution in [0.25, 0.3) is 16.2 Å². The van der Waals surface area contributed by atoms with Crippen LogP contribution < -0.4 is 10.1 Å². The fraction of sp³-hybridized carbons (Fsp3) is 0.522. The first-order valence-electron chi connectivity index (χ1n) is 11.7. The lowest BCUT2D eigenvalue weighted by Crippen LogP contribution is -2.47. The van der Waals surface area contributed by atoms with Crippen molar-refractivity contribution in [2.24, 2.45) is 11.8 Å². The van der Waals surface area contributed by atoms with Crippen LogP contribution in [0.4, 0.5) is 0 Å². The summed E-state index contributed by atoms with van der Waals surface area (Å²) in [5.41, 5.74) is 1.12. The van der Waals surface area contributed by atoms with E-state index >= 15 is 0 Å². The quantitative estimate of drug-likeness (QED) is 0.575. The minimum Gasteiger partial charge on any atom is -0.477 e. The van der Waals surface area contributed by atoms with Crippen LogP contribution in [-0.2, 0) is 4.79 Å². The summed E-state index contributed by atoms with van der Waals surface area (Å²) in [4.78, 5) is 37.4. The maximum Gasteiger partial charge on any atom is 0.272 e. The summed E-state index contributed by atoms with van der Waals surface area (Å²) in [5, 5.41) is 9.45. The van der Waals surface area contributed by atoms with Crippen molar-refractivity contribution in [3.8, 4) is 17.3 Å². The summed E-state index contributed by atoms with van der Waals surface area (Å²) in [5.74, 6) is 1.70. The van der Waals surface area contributed by atoms with Crippen LogP contribution in [0.2, 0.25) is 0 Å². The number of carbonyl (C=O) groups is 2. The average molecular weight is 467 g/mol. The second-order valence-electron chi connectivity index (χ2n) is 9.23. The first-order chi connectivity index (χ1) is 16.1. The molecule has 2 amide bonds. The summed E-state index contributed by atoms with van der Waals surface area (Å²) in [6, 6.07) is 1.80. The molecule has 0 unspecified atom stereocenters. The summed E-state index contributed by atoms with van der Waals surface area (Å²) in [7, 11) is 0. The molecule has 0 atom stereocenters. The summed E-state index contributed by atoms with van der Waals surface area (Å²) < 4.78 is 7.72. The van der Waals surface area contributed by atoms with Crippen LogP contribution in [0.5, 0.6) is 5.88 Å². The lowest BCUT2D eigenvalue weighted by Gasteiger charge is -2.32. The van der Waals surface area contributed by atoms with Gasteiger partial charge in [0.2, 0.25) is 11.8 Å². The summed E-state index contributed by atoms with van der Waals surface area (Å²) in [6.45, 7) is 1.79. The molecular formula is C23H26N6O3S. The highest BCUT2D eigenvalue weighted by atomic mass is 32.1. The number of hydrogen-bond donors (Lipinski definition) is 1. The Kier molecular flexibility index (Phi) is 5.24. The summed E-state index contributed by atoms with van der Waals surface area (Å²) in [6.07, 6.45) is 9.48. The number of nitrogens with one attached hydrogen (secondary N) is 1. The van der Waals surface area contributed by atoms with Gasteiger partial charge in [0.05, 0.1) is 18.4 Å². The Morgan fingerprint density at radius 2 is 1.94 bits per heavy atom. The van der Waals surface area contributed by atoms with Gasteiger partial charge >= 0.3 is 0 Å². The van der Waals surface area contributed by atoms with Gasteiger partial charge in [0.25, 0.3) is 5.91 Å². The predicted octanol–water partition coefficient (Wildman–Crippen LogP) is 2.77. The van der Waals surface area contributed by atoms with Crippen LogP contribution in [0.15, 0.2) is 23.8 Å². The molecule has 172 valence electrons. The second kappa shape index (κ2) is 8.40. The molecule has 1 aliphatic heterocycles. The first-order valence-corrected chi connectivity index (χ1v) is 12.5. The predicted molar refractivity (Wildman–Crippen MR) is 122 cm³/mol. The number of likely N-dealkylation sites (tertiary alicyclic amines) is 1. The average Bonchev–Trinajstić information content (AvgIpc) is 3.75. The number of rotatable bonds is 7. The fourth-order valence-electron chi connectivity index (χ4n) is 4.15. The van der Waals surface area contributed by atoms with Crippen LogP contribution in [-0.4, -0.2) is 62.0 Å². The molecule has 6 rings (SSSR count). The molecule has 2 saturated carbocycles. The lowest BCUT2D eigenvalue weighted by molar-refractivity contribution is -0.123. The molecular weight excluding hydrogens is 440 g/mol. The Balaban J connectivity index is 1.21. The minimum atomic E-state index is -0.128. The first kappa shape index (κ1) is 20.6. The molecule has 3 aliphatic rings. The van der Waals surface area contributed by atoms with E-state index in [-0.39, 0.29) is 23.8 Å². The Labute approximate surface area is 195 Å². The molecule has 3 fully saturated rings. The van der Waals surface area contributed by atoms with Gasteiger partial charge in [-0.05, 0) is 44.4 Å². The topological polar surface area (TPSA) is 102 Å². The number of carbonyl (C=O) groups excluding carboxylic acids is 2. The van der Waals surface area contributed by atoms with E-state index < -0.39 is 0 Å². The van der Waals surface area contributed by atoms with Crippen molar-refractivity contribution in [3.05, 3.63) is 29.5 Å². The van der Waals surface area contributed by atoms with Gasteiger partial charge in [0.15, 0.2) is 5.82 Å². The fourth-order valence-corrected chi connectivity index (χ4v) is 4.94. The van der Waals surface area contributed by atoms with Crippen molar-refractivity contribution in [2.45, 2.75) is 44.6 Å². The smallest absolute Gasteiger partial charge is 0.272 e. The highest BCUT2D eigenvalue weighted by molar-refractivity contribution is 7.16. The van der Waals surface area contributed by atoms with E-state index in [0.29, 0.717) is 43.0 Å². The number of hydrogen-bond acceptors (Lipinski definition) is 7. The molecule has 3 aromatic heterocycles. The van der Waals surface area contributed by atoms with Crippen LogP contribution in [0.1, 0.15) is 49.0 Å². The number of fused-ring (bicyclic) bond motifs is 1. The number of aromatic nitrogens is 4. The van der Waals surface area contributed by atoms with E-state index in [1.54, 1.807) is 28.1 Å². The SMILES string of the molecule is O=C(NC1CCN(C(=O)c2cc(OCC3CC3)nc(-c3cnn4ccsc34)n2)CC1)C1CC1. The minimum absolute atomic E-state index is 0.128. The Hall–Kier alpha value is -3.01. The zero-order chi connectivity index (χ0) is 22.4. The molecule has 0 aromatic carbocycles. The highest BCUT2D eigenvalue weighted by Gasteiger charge is 2.33. The molecule has 2 aliphatic carbocycles. The highest BCUT2D eigenvalue weighted by Crippen LogP contribution is 2.31. The van der Waals surface area contributed by atoms with Gasteiger partial charge in [-0.2, -0.15) is 10.1 Å². The molecule has 0 radical (unpaired) electrons. The van der Waals surface area contributed by atoms with Crippen molar-refractivity contribution >= 4 is 28.0 Å². The Morgan fingerprint density at radius 1 is 1.12 bits per heavy atom. The molecule has 9 nitrogen and oxygen atoms in total. The molecule has 3 aromatic rings. The number of thiazole rings is 1. The third-order valence-electron chi connectivity index (χ3n) is 6.53. The molecule has 0 bridgehead atoms. The van der Waals surface area contributed by atoms with Crippen molar-refractivity contribution in [1.82, 2.24) is 29.8 Å². The maximum atomic E-state index is 13.4. The van der Waals surface area contributed by atoms with Gasteiger partial charge in [-0.3, -0.25) is 9.59 Å². The van der Waals surface area contributed by atoms with Gasteiger partial charge in [0, 0.05) is 42.7 Å². The number of piperidine rings is 1.